The van der Waals surface area contributed by atoms with Crippen LogP contribution < -0.4 is 0 Å². The van der Waals surface area contributed by atoms with Crippen LogP contribution in [0.4, 0.5) is 0 Å². The zero-order valence-electron chi connectivity index (χ0n) is 12.8. The maximum Gasteiger partial charge on any atom is 0.253 e. The summed E-state index contributed by atoms with van der Waals surface area (Å²) in [5.41, 5.74) is 0.394. The average Bonchev–Trinajstić information content (AvgIpc) is 2.46. The van der Waals surface area contributed by atoms with E-state index >= 15 is 0 Å². The molecule has 0 saturated carbocycles. The van der Waals surface area contributed by atoms with Crippen molar-refractivity contribution in [3.63, 3.8) is 0 Å². The largest absolute Gasteiger partial charge is 0.383 e. The molecule has 0 unspecified atom stereocenters. The second-order valence-electron chi connectivity index (χ2n) is 4.94. The molecule has 0 N–H and O–H groups in total. The van der Waals surface area contributed by atoms with Crippen LogP contribution in [-0.2, 0) is 14.6 Å². The zero-order valence-corrected chi connectivity index (χ0v) is 13.6. The van der Waals surface area contributed by atoms with E-state index in [-0.39, 0.29) is 10.8 Å². The molecule has 0 aromatic heterocycles. The number of amides is 1. The molecule has 118 valence electrons. The van der Waals surface area contributed by atoms with Crippen molar-refractivity contribution < 1.29 is 17.9 Å². The van der Waals surface area contributed by atoms with Gasteiger partial charge in [0, 0.05) is 32.0 Å². The van der Waals surface area contributed by atoms with E-state index in [1.54, 1.807) is 24.1 Å². The number of rotatable bonds is 8. The highest BCUT2D eigenvalue weighted by molar-refractivity contribution is 7.90. The van der Waals surface area contributed by atoms with E-state index in [1.165, 1.54) is 12.1 Å². The second kappa shape index (κ2) is 8.14. The van der Waals surface area contributed by atoms with Gasteiger partial charge >= 0.3 is 0 Å². The van der Waals surface area contributed by atoms with Crippen LogP contribution in [0.5, 0.6) is 0 Å². The fourth-order valence-electron chi connectivity index (χ4n) is 1.91. The maximum absolute atomic E-state index is 12.5. The van der Waals surface area contributed by atoms with Crippen LogP contribution in [0.3, 0.4) is 0 Å². The van der Waals surface area contributed by atoms with Crippen LogP contribution >= 0.6 is 0 Å². The molecule has 1 rings (SSSR count). The van der Waals surface area contributed by atoms with E-state index in [0.29, 0.717) is 25.3 Å². The summed E-state index contributed by atoms with van der Waals surface area (Å²) in [6.07, 6.45) is 3.03. The van der Waals surface area contributed by atoms with Crippen molar-refractivity contribution in [3.8, 4) is 0 Å². The van der Waals surface area contributed by atoms with Crippen molar-refractivity contribution in [2.75, 3.05) is 33.1 Å². The van der Waals surface area contributed by atoms with E-state index in [2.05, 4.69) is 6.92 Å². The van der Waals surface area contributed by atoms with Crippen molar-refractivity contribution >= 4 is 15.7 Å². The van der Waals surface area contributed by atoms with Crippen LogP contribution in [0.15, 0.2) is 29.2 Å². The lowest BCUT2D eigenvalue weighted by Crippen LogP contribution is -2.34. The number of hydrogen-bond donors (Lipinski definition) is 0. The molecule has 0 bridgehead atoms. The molecular formula is C15H23NO4S. The van der Waals surface area contributed by atoms with Gasteiger partial charge in [0.05, 0.1) is 11.5 Å². The quantitative estimate of drug-likeness (QED) is 0.736. The monoisotopic (exact) mass is 313 g/mol. The molecule has 5 nitrogen and oxygen atoms in total. The highest BCUT2D eigenvalue weighted by Gasteiger charge is 2.17. The zero-order chi connectivity index (χ0) is 15.9. The Morgan fingerprint density at radius 2 is 2.00 bits per heavy atom. The first-order valence-electron chi connectivity index (χ1n) is 6.98. The Labute approximate surface area is 126 Å². The summed E-state index contributed by atoms with van der Waals surface area (Å²) in [5.74, 6) is -0.161. The summed E-state index contributed by atoms with van der Waals surface area (Å²) in [6, 6.07) is 6.17. The molecule has 0 aliphatic heterocycles. The Morgan fingerprint density at radius 1 is 1.29 bits per heavy atom. The minimum Gasteiger partial charge on any atom is -0.383 e. The highest BCUT2D eigenvalue weighted by Crippen LogP contribution is 2.13. The van der Waals surface area contributed by atoms with Gasteiger partial charge in [0.25, 0.3) is 5.91 Å². The van der Waals surface area contributed by atoms with Gasteiger partial charge in [-0.2, -0.15) is 0 Å². The van der Waals surface area contributed by atoms with E-state index in [9.17, 15) is 13.2 Å². The normalized spacial score (nSPS) is 11.4. The number of methoxy groups -OCH3 is 1. The summed E-state index contributed by atoms with van der Waals surface area (Å²) in [7, 11) is -1.72. The Hall–Kier alpha value is -1.40. The molecule has 0 spiro atoms. The number of carbonyl (C=O) groups is 1. The third-order valence-corrected chi connectivity index (χ3v) is 4.25. The van der Waals surface area contributed by atoms with E-state index < -0.39 is 9.84 Å². The number of sulfone groups is 1. The molecule has 6 heteroatoms. The van der Waals surface area contributed by atoms with Crippen LogP contribution in [-0.4, -0.2) is 52.3 Å². The molecule has 21 heavy (non-hydrogen) atoms. The standard InChI is InChI=1S/C15H23NO4S/c1-4-5-9-16(10-11-20-2)15(17)13-7-6-8-14(12-13)21(3,18)19/h6-8,12H,4-5,9-11H2,1-3H3. The molecule has 0 saturated heterocycles. The molecule has 0 fully saturated rings. The average molecular weight is 313 g/mol. The van der Waals surface area contributed by atoms with Gasteiger partial charge in [-0.1, -0.05) is 19.4 Å². The molecule has 1 amide bonds. The van der Waals surface area contributed by atoms with E-state index in [4.69, 9.17) is 4.74 Å². The van der Waals surface area contributed by atoms with Gasteiger partial charge in [-0.05, 0) is 24.6 Å². The maximum atomic E-state index is 12.5. The molecule has 0 aliphatic carbocycles. The number of carbonyl (C=O) groups excluding carboxylic acids is 1. The third-order valence-electron chi connectivity index (χ3n) is 3.14. The predicted octanol–water partition coefficient (Wildman–Crippen LogP) is 1.98. The van der Waals surface area contributed by atoms with Crippen LogP contribution in [0.2, 0.25) is 0 Å². The van der Waals surface area contributed by atoms with Gasteiger partial charge in [-0.25, -0.2) is 8.42 Å². The molecule has 0 atom stereocenters. The first-order valence-corrected chi connectivity index (χ1v) is 8.87. The summed E-state index contributed by atoms with van der Waals surface area (Å²) in [6.45, 7) is 3.66. The summed E-state index contributed by atoms with van der Waals surface area (Å²) in [5, 5.41) is 0. The first-order chi connectivity index (χ1) is 9.90. The van der Waals surface area contributed by atoms with E-state index in [1.807, 2.05) is 0 Å². The molecular weight excluding hydrogens is 290 g/mol. The molecule has 1 aromatic carbocycles. The van der Waals surface area contributed by atoms with Gasteiger partial charge in [0.2, 0.25) is 0 Å². The van der Waals surface area contributed by atoms with Crippen LogP contribution in [0, 0.1) is 0 Å². The van der Waals surface area contributed by atoms with Crippen molar-refractivity contribution in [2.24, 2.45) is 0 Å². The second-order valence-corrected chi connectivity index (χ2v) is 6.95. The first kappa shape index (κ1) is 17.7. The Balaban J connectivity index is 2.97. The van der Waals surface area contributed by atoms with Gasteiger partial charge in [0.15, 0.2) is 9.84 Å². The van der Waals surface area contributed by atoms with Crippen molar-refractivity contribution in [2.45, 2.75) is 24.7 Å². The van der Waals surface area contributed by atoms with Crippen LogP contribution in [0.25, 0.3) is 0 Å². The highest BCUT2D eigenvalue weighted by atomic mass is 32.2. The lowest BCUT2D eigenvalue weighted by atomic mass is 10.2. The summed E-state index contributed by atoms with van der Waals surface area (Å²) >= 11 is 0. The van der Waals surface area contributed by atoms with Gasteiger partial charge in [-0.3, -0.25) is 4.79 Å². The summed E-state index contributed by atoms with van der Waals surface area (Å²) in [4.78, 5) is 14.4. The SMILES string of the molecule is CCCCN(CCOC)C(=O)c1cccc(S(C)(=O)=O)c1. The molecule has 1 aromatic rings. The molecule has 0 aliphatic rings. The lowest BCUT2D eigenvalue weighted by Gasteiger charge is -2.22. The number of nitrogens with zero attached hydrogens (tertiary/aromatic N) is 1. The van der Waals surface area contributed by atoms with Gasteiger partial charge in [-0.15, -0.1) is 0 Å². The number of ether oxygens (including phenoxy) is 1. The van der Waals surface area contributed by atoms with Gasteiger partial charge in [0.1, 0.15) is 0 Å². The molecule has 0 heterocycles. The minimum atomic E-state index is -3.31. The topological polar surface area (TPSA) is 63.7 Å². The Morgan fingerprint density at radius 3 is 2.57 bits per heavy atom. The number of hydrogen-bond acceptors (Lipinski definition) is 4. The van der Waals surface area contributed by atoms with Crippen molar-refractivity contribution in [1.29, 1.82) is 0 Å². The van der Waals surface area contributed by atoms with Gasteiger partial charge < -0.3 is 9.64 Å². The van der Waals surface area contributed by atoms with Crippen molar-refractivity contribution in [3.05, 3.63) is 29.8 Å². The fraction of sp³-hybridized carbons (Fsp3) is 0.533. The van der Waals surface area contributed by atoms with Crippen molar-refractivity contribution in [1.82, 2.24) is 4.90 Å². The minimum absolute atomic E-state index is 0.161. The lowest BCUT2D eigenvalue weighted by molar-refractivity contribution is 0.0692. The molecule has 0 radical (unpaired) electrons. The number of unbranched alkanes of at least 4 members (excludes halogenated alkanes) is 1. The predicted molar refractivity (Wildman–Crippen MR) is 82.2 cm³/mol. The summed E-state index contributed by atoms with van der Waals surface area (Å²) < 4.78 is 28.2. The third kappa shape index (κ3) is 5.47. The fourth-order valence-corrected chi connectivity index (χ4v) is 2.57. The van der Waals surface area contributed by atoms with E-state index in [0.717, 1.165) is 19.1 Å². The number of benzene rings is 1. The Kier molecular flexibility index (Phi) is 6.84. The van der Waals surface area contributed by atoms with Crippen LogP contribution in [0.1, 0.15) is 30.1 Å². The smallest absolute Gasteiger partial charge is 0.253 e. The Bertz CT molecular complexity index is 561.